The van der Waals surface area contributed by atoms with Gasteiger partial charge in [0.1, 0.15) is 12.9 Å². The van der Waals surface area contributed by atoms with Gasteiger partial charge in [0.05, 0.1) is 4.90 Å². The third-order valence-corrected chi connectivity index (χ3v) is 6.82. The Morgan fingerprint density at radius 2 is 2.04 bits per heavy atom. The Balaban J connectivity index is 1.73. The van der Waals surface area contributed by atoms with Crippen molar-refractivity contribution in [3.8, 4) is 0 Å². The highest BCUT2D eigenvalue weighted by atomic mass is 35.5. The molecule has 1 aliphatic heterocycles. The number of rotatable bonds is 5. The average molecular weight is 385 g/mol. The number of sulfonamides is 1. The molecular formula is C16H21ClN4O3S. The van der Waals surface area contributed by atoms with Crippen LogP contribution in [0.4, 0.5) is 0 Å². The van der Waals surface area contributed by atoms with Crippen LogP contribution in [0.1, 0.15) is 30.3 Å². The number of piperidine rings is 1. The van der Waals surface area contributed by atoms with Gasteiger partial charge >= 0.3 is 0 Å². The van der Waals surface area contributed by atoms with Crippen molar-refractivity contribution in [3.63, 3.8) is 0 Å². The molecule has 0 saturated carbocycles. The molecule has 1 aromatic carbocycles. The van der Waals surface area contributed by atoms with E-state index in [4.69, 9.17) is 16.3 Å². The highest BCUT2D eigenvalue weighted by molar-refractivity contribution is 7.89. The van der Waals surface area contributed by atoms with E-state index < -0.39 is 10.0 Å². The molecule has 9 heteroatoms. The second-order valence-corrected chi connectivity index (χ2v) is 8.48. The van der Waals surface area contributed by atoms with Crippen molar-refractivity contribution in [1.29, 1.82) is 0 Å². The van der Waals surface area contributed by atoms with Gasteiger partial charge in [-0.2, -0.15) is 4.31 Å². The quantitative estimate of drug-likeness (QED) is 0.791. The standard InChI is InChI=1S/C16H21ClN4O3S/c1-12-3-4-14(9-15(12)17)25(22,23)20-7-5-13(6-8-20)21-11-18-19-16(21)10-24-2/h3-4,9,11,13H,5-8,10H2,1-2H3. The van der Waals surface area contributed by atoms with Crippen molar-refractivity contribution in [2.24, 2.45) is 0 Å². The lowest BCUT2D eigenvalue weighted by Gasteiger charge is -2.32. The van der Waals surface area contributed by atoms with Gasteiger partial charge in [-0.1, -0.05) is 17.7 Å². The van der Waals surface area contributed by atoms with Crippen molar-refractivity contribution in [2.75, 3.05) is 20.2 Å². The molecule has 0 aliphatic carbocycles. The van der Waals surface area contributed by atoms with Gasteiger partial charge in [-0.3, -0.25) is 0 Å². The number of nitrogens with zero attached hydrogens (tertiary/aromatic N) is 4. The van der Waals surface area contributed by atoms with E-state index in [1.54, 1.807) is 25.6 Å². The van der Waals surface area contributed by atoms with E-state index in [9.17, 15) is 8.42 Å². The molecule has 0 radical (unpaired) electrons. The maximum atomic E-state index is 12.8. The normalized spacial score (nSPS) is 17.1. The van der Waals surface area contributed by atoms with Gasteiger partial charge in [-0.05, 0) is 37.5 Å². The lowest BCUT2D eigenvalue weighted by molar-refractivity contribution is 0.167. The SMILES string of the molecule is COCc1nncn1C1CCN(S(=O)(=O)c2ccc(C)c(Cl)c2)CC1. The summed E-state index contributed by atoms with van der Waals surface area (Å²) in [7, 11) is -1.92. The third kappa shape index (κ3) is 3.72. The van der Waals surface area contributed by atoms with E-state index in [1.165, 1.54) is 10.4 Å². The van der Waals surface area contributed by atoms with Crippen LogP contribution < -0.4 is 0 Å². The van der Waals surface area contributed by atoms with Gasteiger partial charge < -0.3 is 9.30 Å². The molecule has 0 unspecified atom stereocenters. The first-order chi connectivity index (χ1) is 11.9. The van der Waals surface area contributed by atoms with Crippen LogP contribution in [0.15, 0.2) is 29.4 Å². The number of aryl methyl sites for hydroxylation is 1. The Bertz CT molecular complexity index is 845. The minimum absolute atomic E-state index is 0.174. The fourth-order valence-electron chi connectivity index (χ4n) is 3.05. The molecule has 1 fully saturated rings. The average Bonchev–Trinajstić information content (AvgIpc) is 3.06. The summed E-state index contributed by atoms with van der Waals surface area (Å²) in [5.41, 5.74) is 0.859. The molecule has 2 aromatic rings. The third-order valence-electron chi connectivity index (χ3n) is 4.52. The summed E-state index contributed by atoms with van der Waals surface area (Å²) in [6.07, 6.45) is 3.09. The summed E-state index contributed by atoms with van der Waals surface area (Å²) in [5.74, 6) is 0.758. The maximum Gasteiger partial charge on any atom is 0.243 e. The molecule has 0 N–H and O–H groups in total. The summed E-state index contributed by atoms with van der Waals surface area (Å²) in [5, 5.41) is 8.45. The van der Waals surface area contributed by atoms with Gasteiger partial charge in [0.2, 0.25) is 10.0 Å². The molecule has 0 spiro atoms. The second kappa shape index (κ2) is 7.41. The molecule has 0 amide bonds. The Labute approximate surface area is 152 Å². The maximum absolute atomic E-state index is 12.8. The predicted octanol–water partition coefficient (Wildman–Crippen LogP) is 2.41. The van der Waals surface area contributed by atoms with Crippen LogP contribution in [0.3, 0.4) is 0 Å². The molecule has 136 valence electrons. The smallest absolute Gasteiger partial charge is 0.243 e. The van der Waals surface area contributed by atoms with Crippen LogP contribution in [0, 0.1) is 6.92 Å². The van der Waals surface area contributed by atoms with E-state index in [0.717, 1.165) is 11.4 Å². The molecule has 1 aromatic heterocycles. The van der Waals surface area contributed by atoms with Crippen molar-refractivity contribution >= 4 is 21.6 Å². The van der Waals surface area contributed by atoms with Gasteiger partial charge in [0, 0.05) is 31.3 Å². The minimum atomic E-state index is -3.53. The van der Waals surface area contributed by atoms with Gasteiger partial charge in [0.25, 0.3) is 0 Å². The van der Waals surface area contributed by atoms with Crippen LogP contribution in [0.5, 0.6) is 0 Å². The number of hydrogen-bond acceptors (Lipinski definition) is 5. The van der Waals surface area contributed by atoms with Crippen LogP contribution in [-0.2, 0) is 21.4 Å². The lowest BCUT2D eigenvalue weighted by Crippen LogP contribution is -2.39. The van der Waals surface area contributed by atoms with E-state index >= 15 is 0 Å². The van der Waals surface area contributed by atoms with E-state index in [1.807, 2.05) is 11.5 Å². The van der Waals surface area contributed by atoms with Crippen molar-refractivity contribution in [1.82, 2.24) is 19.1 Å². The molecule has 2 heterocycles. The van der Waals surface area contributed by atoms with Crippen LogP contribution in [0.25, 0.3) is 0 Å². The summed E-state index contributed by atoms with van der Waals surface area (Å²) >= 11 is 6.08. The van der Waals surface area contributed by atoms with Crippen LogP contribution >= 0.6 is 11.6 Å². The van der Waals surface area contributed by atoms with Gasteiger partial charge in [0.15, 0.2) is 5.82 Å². The Hall–Kier alpha value is -1.48. The summed E-state index contributed by atoms with van der Waals surface area (Å²) in [6.45, 7) is 3.13. The molecule has 25 heavy (non-hydrogen) atoms. The second-order valence-electron chi connectivity index (χ2n) is 6.13. The predicted molar refractivity (Wildman–Crippen MR) is 94.0 cm³/mol. The molecule has 1 saturated heterocycles. The number of hydrogen-bond donors (Lipinski definition) is 0. The highest BCUT2D eigenvalue weighted by Crippen LogP contribution is 2.29. The first-order valence-electron chi connectivity index (χ1n) is 8.07. The fourth-order valence-corrected chi connectivity index (χ4v) is 4.79. The zero-order chi connectivity index (χ0) is 18.0. The summed E-state index contributed by atoms with van der Waals surface area (Å²) in [4.78, 5) is 0.242. The summed E-state index contributed by atoms with van der Waals surface area (Å²) in [6, 6.07) is 5.04. The van der Waals surface area contributed by atoms with E-state index in [-0.39, 0.29) is 10.9 Å². The number of benzene rings is 1. The monoisotopic (exact) mass is 384 g/mol. The van der Waals surface area contributed by atoms with Crippen LogP contribution in [-0.4, -0.2) is 47.7 Å². The van der Waals surface area contributed by atoms with Gasteiger partial charge in [-0.25, -0.2) is 8.42 Å². The van der Waals surface area contributed by atoms with Gasteiger partial charge in [-0.15, -0.1) is 10.2 Å². The lowest BCUT2D eigenvalue weighted by atomic mass is 10.1. The highest BCUT2D eigenvalue weighted by Gasteiger charge is 2.31. The number of halogens is 1. The molecule has 3 rings (SSSR count). The number of ether oxygens (including phenoxy) is 1. The topological polar surface area (TPSA) is 77.3 Å². The Kier molecular flexibility index (Phi) is 5.43. The first kappa shape index (κ1) is 18.3. The fraction of sp³-hybridized carbons (Fsp3) is 0.500. The Morgan fingerprint density at radius 1 is 1.32 bits per heavy atom. The van der Waals surface area contributed by atoms with Crippen molar-refractivity contribution in [3.05, 3.63) is 40.9 Å². The van der Waals surface area contributed by atoms with E-state index in [2.05, 4.69) is 10.2 Å². The summed E-state index contributed by atoms with van der Waals surface area (Å²) < 4.78 is 34.3. The zero-order valence-electron chi connectivity index (χ0n) is 14.2. The Morgan fingerprint density at radius 3 is 2.68 bits per heavy atom. The number of aromatic nitrogens is 3. The largest absolute Gasteiger partial charge is 0.377 e. The van der Waals surface area contributed by atoms with Crippen molar-refractivity contribution < 1.29 is 13.2 Å². The van der Waals surface area contributed by atoms with Crippen molar-refractivity contribution in [2.45, 2.75) is 37.3 Å². The molecular weight excluding hydrogens is 364 g/mol. The molecule has 0 atom stereocenters. The first-order valence-corrected chi connectivity index (χ1v) is 9.89. The number of methoxy groups -OCH3 is 1. The molecule has 7 nitrogen and oxygen atoms in total. The minimum Gasteiger partial charge on any atom is -0.377 e. The molecule has 0 bridgehead atoms. The zero-order valence-corrected chi connectivity index (χ0v) is 15.8. The molecule has 1 aliphatic rings. The van der Waals surface area contributed by atoms with Crippen LogP contribution in [0.2, 0.25) is 5.02 Å². The van der Waals surface area contributed by atoms with E-state index in [0.29, 0.717) is 37.6 Å².